The Bertz CT molecular complexity index is 309. The maximum Gasteiger partial charge on any atom is 0.134 e. The summed E-state index contributed by atoms with van der Waals surface area (Å²) in [6, 6.07) is 5.72. The van der Waals surface area contributed by atoms with E-state index in [9.17, 15) is 4.79 Å². The molecule has 0 heterocycles. The van der Waals surface area contributed by atoms with Crippen molar-refractivity contribution in [1.29, 1.82) is 0 Å². The molecule has 1 nitrogen and oxygen atoms in total. The van der Waals surface area contributed by atoms with E-state index in [2.05, 4.69) is 28.6 Å². The Morgan fingerprint density at radius 1 is 1.58 bits per heavy atom. The molecule has 0 atom stereocenters. The number of rotatable bonds is 2. The van der Waals surface area contributed by atoms with E-state index in [1.54, 1.807) is 6.92 Å². The van der Waals surface area contributed by atoms with Crippen LogP contribution in [0.2, 0.25) is 0 Å². The van der Waals surface area contributed by atoms with Crippen LogP contribution in [-0.4, -0.2) is 5.78 Å². The fraction of sp³-hybridized carbons (Fsp3) is 0.222. The summed E-state index contributed by atoms with van der Waals surface area (Å²) in [5.74, 6) is 0.171. The first-order valence-electron chi connectivity index (χ1n) is 3.56. The lowest BCUT2D eigenvalue weighted by atomic mass is 10.1. The number of benzene rings is 1. The van der Waals surface area contributed by atoms with E-state index in [0.717, 1.165) is 14.9 Å². The summed E-state index contributed by atoms with van der Waals surface area (Å²) in [4.78, 5) is 11.6. The third-order valence-electron chi connectivity index (χ3n) is 1.46. The number of ketones is 1. The Kier molecular flexibility index (Phi) is 3.35. The van der Waals surface area contributed by atoms with Gasteiger partial charge in [0.25, 0.3) is 0 Å². The van der Waals surface area contributed by atoms with Gasteiger partial charge in [-0.2, -0.15) is 0 Å². The highest BCUT2D eigenvalue weighted by Gasteiger charge is 2.00. The topological polar surface area (TPSA) is 17.1 Å². The molecule has 0 unspecified atom stereocenters. The van der Waals surface area contributed by atoms with Crippen molar-refractivity contribution in [2.75, 3.05) is 0 Å². The van der Waals surface area contributed by atoms with Crippen molar-refractivity contribution in [3.05, 3.63) is 28.2 Å². The first-order chi connectivity index (χ1) is 5.59. The van der Waals surface area contributed by atoms with E-state index in [4.69, 9.17) is 0 Å². The number of hydrogen-bond donors (Lipinski definition) is 1. The molecule has 64 valence electrons. The van der Waals surface area contributed by atoms with Gasteiger partial charge in [0.1, 0.15) is 5.78 Å². The third-order valence-corrected chi connectivity index (χ3v) is 2.83. The number of halogens is 1. The van der Waals surface area contributed by atoms with Gasteiger partial charge in [-0.1, -0.05) is 6.07 Å². The van der Waals surface area contributed by atoms with E-state index < -0.39 is 0 Å². The van der Waals surface area contributed by atoms with Crippen molar-refractivity contribution < 1.29 is 4.79 Å². The van der Waals surface area contributed by atoms with Crippen LogP contribution in [0.1, 0.15) is 12.5 Å². The van der Waals surface area contributed by atoms with E-state index in [1.165, 1.54) is 0 Å². The summed E-state index contributed by atoms with van der Waals surface area (Å²) in [6.45, 7) is 1.58. The monoisotopic (exact) mass is 244 g/mol. The zero-order valence-electron chi connectivity index (χ0n) is 6.67. The molecule has 0 saturated heterocycles. The molecule has 0 radical (unpaired) electrons. The molecule has 0 spiro atoms. The minimum atomic E-state index is 0.171. The number of hydrogen-bond acceptors (Lipinski definition) is 2. The fourth-order valence-electron chi connectivity index (χ4n) is 0.956. The number of thiol groups is 1. The first kappa shape index (κ1) is 9.81. The summed E-state index contributed by atoms with van der Waals surface area (Å²) >= 11 is 7.57. The Morgan fingerprint density at radius 3 is 2.75 bits per heavy atom. The zero-order valence-corrected chi connectivity index (χ0v) is 9.15. The molecule has 1 aromatic carbocycles. The molecular formula is C9H9BrOS. The van der Waals surface area contributed by atoms with Crippen LogP contribution in [-0.2, 0) is 11.2 Å². The summed E-state index contributed by atoms with van der Waals surface area (Å²) in [7, 11) is 0. The van der Waals surface area contributed by atoms with Gasteiger partial charge in [0.15, 0.2) is 0 Å². The van der Waals surface area contributed by atoms with Gasteiger partial charge in [0.05, 0.1) is 0 Å². The van der Waals surface area contributed by atoms with Gasteiger partial charge >= 0.3 is 0 Å². The van der Waals surface area contributed by atoms with E-state index in [0.29, 0.717) is 6.42 Å². The maximum atomic E-state index is 10.8. The highest BCUT2D eigenvalue weighted by Crippen LogP contribution is 2.21. The van der Waals surface area contributed by atoms with Gasteiger partial charge in [-0.15, -0.1) is 12.6 Å². The lowest BCUT2D eigenvalue weighted by molar-refractivity contribution is -0.116. The lowest BCUT2D eigenvalue weighted by Gasteiger charge is -2.00. The molecule has 12 heavy (non-hydrogen) atoms. The van der Waals surface area contributed by atoms with Crippen molar-refractivity contribution in [2.24, 2.45) is 0 Å². The van der Waals surface area contributed by atoms with Crippen LogP contribution in [0.3, 0.4) is 0 Å². The molecule has 0 aliphatic rings. The molecule has 0 bridgehead atoms. The van der Waals surface area contributed by atoms with Gasteiger partial charge in [0.2, 0.25) is 0 Å². The molecule has 3 heteroatoms. The second-order valence-corrected chi connectivity index (χ2v) is 4.00. The predicted octanol–water partition coefficient (Wildman–Crippen LogP) is 2.87. The summed E-state index contributed by atoms with van der Waals surface area (Å²) in [5.41, 5.74) is 1.01. The number of carbonyl (C=O) groups excluding carboxylic acids is 1. The zero-order chi connectivity index (χ0) is 9.14. The molecule has 0 aliphatic heterocycles. The molecule has 0 aliphatic carbocycles. The minimum absolute atomic E-state index is 0.171. The third kappa shape index (κ3) is 2.64. The van der Waals surface area contributed by atoms with Crippen molar-refractivity contribution in [2.45, 2.75) is 18.2 Å². The molecular weight excluding hydrogens is 236 g/mol. The molecule has 0 saturated carbocycles. The largest absolute Gasteiger partial charge is 0.300 e. The summed E-state index contributed by atoms with van der Waals surface area (Å²) < 4.78 is 0.957. The summed E-state index contributed by atoms with van der Waals surface area (Å²) in [5, 5.41) is 0. The standard InChI is InChI=1S/C9H9BrOS/c1-6(11)4-7-2-3-8(10)9(12)5-7/h2-3,5,12H,4H2,1H3. The van der Waals surface area contributed by atoms with Crippen molar-refractivity contribution >= 4 is 34.3 Å². The van der Waals surface area contributed by atoms with E-state index in [-0.39, 0.29) is 5.78 Å². The van der Waals surface area contributed by atoms with Crippen LogP contribution in [0, 0.1) is 0 Å². The van der Waals surface area contributed by atoms with Gasteiger partial charge in [-0.05, 0) is 40.5 Å². The Hall–Kier alpha value is -0.280. The quantitative estimate of drug-likeness (QED) is 0.793. The Balaban J connectivity index is 2.89. The van der Waals surface area contributed by atoms with E-state index >= 15 is 0 Å². The summed E-state index contributed by atoms with van der Waals surface area (Å²) in [6.07, 6.45) is 0.487. The molecule has 0 N–H and O–H groups in total. The second-order valence-electron chi connectivity index (χ2n) is 2.66. The fourth-order valence-corrected chi connectivity index (χ4v) is 1.44. The van der Waals surface area contributed by atoms with Crippen LogP contribution >= 0.6 is 28.6 Å². The van der Waals surface area contributed by atoms with Crippen molar-refractivity contribution in [1.82, 2.24) is 0 Å². The van der Waals surface area contributed by atoms with Crippen molar-refractivity contribution in [3.8, 4) is 0 Å². The maximum absolute atomic E-state index is 10.8. The van der Waals surface area contributed by atoms with Crippen LogP contribution in [0.25, 0.3) is 0 Å². The van der Waals surface area contributed by atoms with Crippen molar-refractivity contribution in [3.63, 3.8) is 0 Å². The molecule has 1 aromatic rings. The molecule has 0 amide bonds. The molecule has 1 rings (SSSR count). The van der Waals surface area contributed by atoms with Crippen LogP contribution in [0.5, 0.6) is 0 Å². The van der Waals surface area contributed by atoms with Gasteiger partial charge < -0.3 is 0 Å². The smallest absolute Gasteiger partial charge is 0.134 e. The van der Waals surface area contributed by atoms with Gasteiger partial charge in [-0.3, -0.25) is 4.79 Å². The Morgan fingerprint density at radius 2 is 2.25 bits per heavy atom. The van der Waals surface area contributed by atoms with E-state index in [1.807, 2.05) is 18.2 Å². The lowest BCUT2D eigenvalue weighted by Crippen LogP contribution is -1.95. The average molecular weight is 245 g/mol. The Labute approximate surface area is 85.7 Å². The van der Waals surface area contributed by atoms with Gasteiger partial charge in [-0.25, -0.2) is 0 Å². The average Bonchev–Trinajstić information content (AvgIpc) is 1.96. The number of Topliss-reactive ketones (excluding diaryl/α,β-unsaturated/α-hetero) is 1. The highest BCUT2D eigenvalue weighted by molar-refractivity contribution is 9.10. The van der Waals surface area contributed by atoms with Crippen LogP contribution in [0.15, 0.2) is 27.6 Å². The molecule has 0 aromatic heterocycles. The second kappa shape index (κ2) is 4.10. The van der Waals surface area contributed by atoms with Crippen LogP contribution < -0.4 is 0 Å². The SMILES string of the molecule is CC(=O)Cc1ccc(Br)c(S)c1. The normalized spacial score (nSPS) is 9.92. The predicted molar refractivity (Wildman–Crippen MR) is 55.8 cm³/mol. The first-order valence-corrected chi connectivity index (χ1v) is 4.80. The van der Waals surface area contributed by atoms with Crippen LogP contribution in [0.4, 0.5) is 0 Å². The molecule has 0 fully saturated rings. The minimum Gasteiger partial charge on any atom is -0.300 e. The highest BCUT2D eigenvalue weighted by atomic mass is 79.9. The van der Waals surface area contributed by atoms with Gasteiger partial charge in [0, 0.05) is 15.8 Å². The number of carbonyl (C=O) groups is 1.